The molecular weight excluding hydrogens is 247 g/mol. The molecule has 0 saturated heterocycles. The Morgan fingerprint density at radius 2 is 1.50 bits per heavy atom. The Labute approximate surface area is 111 Å². The fourth-order valence-electron chi connectivity index (χ4n) is 1.77. The molecule has 0 aliphatic heterocycles. The summed E-state index contributed by atoms with van der Waals surface area (Å²) >= 11 is 0. The molecule has 0 atom stereocenters. The van der Waals surface area contributed by atoms with E-state index >= 15 is 0 Å². The van der Waals surface area contributed by atoms with E-state index in [1.165, 1.54) is 0 Å². The second-order valence-corrected chi connectivity index (χ2v) is 7.24. The molecule has 0 saturated carbocycles. The van der Waals surface area contributed by atoms with Gasteiger partial charge in [-0.15, -0.1) is 0 Å². The molecule has 0 unspecified atom stereocenters. The predicted octanol–water partition coefficient (Wildman–Crippen LogP) is 3.87. The van der Waals surface area contributed by atoms with Crippen LogP contribution in [-0.4, -0.2) is 9.79 Å². The van der Waals surface area contributed by atoms with Gasteiger partial charge in [-0.2, -0.15) is 0 Å². The SMILES string of the molecule is CC(C)(C)c1ccc(C(C)(C)C)c(OP(O)O)c1. The Kier molecular flexibility index (Phi) is 4.42. The topological polar surface area (TPSA) is 49.7 Å². The van der Waals surface area contributed by atoms with E-state index in [1.54, 1.807) is 0 Å². The smallest absolute Gasteiger partial charge is 0.391 e. The zero-order valence-electron chi connectivity index (χ0n) is 12.0. The van der Waals surface area contributed by atoms with Crippen molar-refractivity contribution >= 4 is 8.60 Å². The van der Waals surface area contributed by atoms with Crippen LogP contribution in [0, 0.1) is 0 Å². The van der Waals surface area contributed by atoms with E-state index < -0.39 is 8.60 Å². The second kappa shape index (κ2) is 5.16. The molecule has 3 nitrogen and oxygen atoms in total. The summed E-state index contributed by atoms with van der Waals surface area (Å²) in [5.41, 5.74) is 1.99. The highest BCUT2D eigenvalue weighted by Gasteiger charge is 2.23. The van der Waals surface area contributed by atoms with Gasteiger partial charge in [-0.05, 0) is 22.5 Å². The molecule has 0 amide bonds. The molecule has 2 N–H and O–H groups in total. The van der Waals surface area contributed by atoms with Crippen LogP contribution in [0.2, 0.25) is 0 Å². The van der Waals surface area contributed by atoms with Crippen LogP contribution in [0.15, 0.2) is 18.2 Å². The summed E-state index contributed by atoms with van der Waals surface area (Å²) in [6, 6.07) is 5.99. The second-order valence-electron chi connectivity index (χ2n) is 6.55. The summed E-state index contributed by atoms with van der Waals surface area (Å²) in [5.74, 6) is 0.561. The van der Waals surface area contributed by atoms with Gasteiger partial charge in [0.2, 0.25) is 0 Å². The first kappa shape index (κ1) is 15.4. The Balaban J connectivity index is 3.30. The number of hydrogen-bond donors (Lipinski definition) is 2. The van der Waals surface area contributed by atoms with Gasteiger partial charge in [-0.1, -0.05) is 53.7 Å². The van der Waals surface area contributed by atoms with Crippen LogP contribution in [0.5, 0.6) is 5.75 Å². The zero-order chi connectivity index (χ0) is 14.1. The van der Waals surface area contributed by atoms with Crippen molar-refractivity contribution in [1.29, 1.82) is 0 Å². The average Bonchev–Trinajstić information content (AvgIpc) is 2.13. The molecule has 1 rings (SSSR count). The van der Waals surface area contributed by atoms with Crippen molar-refractivity contribution < 1.29 is 14.3 Å². The lowest BCUT2D eigenvalue weighted by atomic mass is 9.81. The maximum absolute atomic E-state index is 9.09. The van der Waals surface area contributed by atoms with Gasteiger partial charge in [-0.3, -0.25) is 0 Å². The van der Waals surface area contributed by atoms with Crippen LogP contribution in [0.4, 0.5) is 0 Å². The molecule has 0 aliphatic carbocycles. The minimum atomic E-state index is -2.39. The predicted molar refractivity (Wildman–Crippen MR) is 75.8 cm³/mol. The number of benzene rings is 1. The van der Waals surface area contributed by atoms with Crippen LogP contribution in [0.25, 0.3) is 0 Å². The first-order chi connectivity index (χ1) is 8.01. The lowest BCUT2D eigenvalue weighted by Gasteiger charge is -2.26. The minimum Gasteiger partial charge on any atom is -0.427 e. The van der Waals surface area contributed by atoms with E-state index in [4.69, 9.17) is 14.3 Å². The molecule has 4 heteroatoms. The maximum atomic E-state index is 9.09. The van der Waals surface area contributed by atoms with Crippen molar-refractivity contribution in [3.05, 3.63) is 29.3 Å². The van der Waals surface area contributed by atoms with Gasteiger partial charge in [0.15, 0.2) is 0 Å². The Bertz CT molecular complexity index is 414. The van der Waals surface area contributed by atoms with E-state index in [9.17, 15) is 0 Å². The van der Waals surface area contributed by atoms with Gasteiger partial charge in [0, 0.05) is 5.56 Å². The van der Waals surface area contributed by atoms with E-state index in [-0.39, 0.29) is 10.8 Å². The average molecular weight is 270 g/mol. The Morgan fingerprint density at radius 3 is 1.89 bits per heavy atom. The molecule has 1 aromatic rings. The van der Waals surface area contributed by atoms with Crippen LogP contribution in [0.1, 0.15) is 52.7 Å². The van der Waals surface area contributed by atoms with Gasteiger partial charge in [0.1, 0.15) is 5.75 Å². The van der Waals surface area contributed by atoms with Gasteiger partial charge in [0.05, 0.1) is 0 Å². The maximum Gasteiger partial charge on any atom is 0.391 e. The number of hydrogen-bond acceptors (Lipinski definition) is 3. The molecule has 102 valence electrons. The van der Waals surface area contributed by atoms with Gasteiger partial charge in [-0.25, -0.2) is 0 Å². The third-order valence-corrected chi connectivity index (χ3v) is 3.20. The first-order valence-electron chi connectivity index (χ1n) is 6.02. The van der Waals surface area contributed by atoms with Crippen molar-refractivity contribution in [1.82, 2.24) is 0 Å². The van der Waals surface area contributed by atoms with Crippen LogP contribution in [-0.2, 0) is 10.8 Å². The van der Waals surface area contributed by atoms with E-state index in [0.717, 1.165) is 11.1 Å². The highest BCUT2D eigenvalue weighted by molar-refractivity contribution is 7.39. The summed E-state index contributed by atoms with van der Waals surface area (Å²) in [7, 11) is -2.39. The van der Waals surface area contributed by atoms with Gasteiger partial charge >= 0.3 is 8.60 Å². The monoisotopic (exact) mass is 270 g/mol. The fourth-order valence-corrected chi connectivity index (χ4v) is 2.10. The number of rotatable bonds is 2. The molecule has 0 bridgehead atoms. The highest BCUT2D eigenvalue weighted by Crippen LogP contribution is 2.39. The molecule has 0 fully saturated rings. The molecule has 0 spiro atoms. The third kappa shape index (κ3) is 3.94. The van der Waals surface area contributed by atoms with Crippen LogP contribution < -0.4 is 4.52 Å². The van der Waals surface area contributed by atoms with Crippen LogP contribution in [0.3, 0.4) is 0 Å². The molecule has 18 heavy (non-hydrogen) atoms. The highest BCUT2D eigenvalue weighted by atomic mass is 31.2. The van der Waals surface area contributed by atoms with Crippen molar-refractivity contribution in [3.8, 4) is 5.75 Å². The molecule has 0 radical (unpaired) electrons. The summed E-state index contributed by atoms with van der Waals surface area (Å²) in [5, 5.41) is 0. The van der Waals surface area contributed by atoms with Crippen molar-refractivity contribution in [3.63, 3.8) is 0 Å². The van der Waals surface area contributed by atoms with Crippen molar-refractivity contribution in [2.45, 2.75) is 52.4 Å². The van der Waals surface area contributed by atoms with E-state index in [2.05, 4.69) is 47.6 Å². The quantitative estimate of drug-likeness (QED) is 0.802. The first-order valence-corrected chi connectivity index (χ1v) is 7.19. The Morgan fingerprint density at radius 1 is 0.944 bits per heavy atom. The zero-order valence-corrected chi connectivity index (χ0v) is 12.9. The van der Waals surface area contributed by atoms with Gasteiger partial charge in [0.25, 0.3) is 0 Å². The molecule has 1 aromatic carbocycles. The summed E-state index contributed by atoms with van der Waals surface area (Å²) < 4.78 is 5.18. The lowest BCUT2D eigenvalue weighted by Crippen LogP contribution is -2.16. The fraction of sp³-hybridized carbons (Fsp3) is 0.571. The van der Waals surface area contributed by atoms with E-state index in [0.29, 0.717) is 5.75 Å². The van der Waals surface area contributed by atoms with Crippen LogP contribution >= 0.6 is 8.60 Å². The molecule has 0 aliphatic rings. The minimum absolute atomic E-state index is 0.00217. The van der Waals surface area contributed by atoms with Gasteiger partial charge < -0.3 is 14.3 Å². The molecular formula is C14H23O3P. The van der Waals surface area contributed by atoms with Crippen molar-refractivity contribution in [2.75, 3.05) is 0 Å². The van der Waals surface area contributed by atoms with E-state index in [1.807, 2.05) is 12.1 Å². The Hall–Kier alpha value is -0.630. The third-order valence-electron chi connectivity index (χ3n) is 2.84. The largest absolute Gasteiger partial charge is 0.427 e. The summed E-state index contributed by atoms with van der Waals surface area (Å²) in [6.45, 7) is 12.6. The standard InChI is InChI=1S/C14H23O3P/c1-13(2,3)10-7-8-11(14(4,5)6)12(9-10)17-18(15)16/h7-9,15-16H,1-6H3. The van der Waals surface area contributed by atoms with Crippen molar-refractivity contribution in [2.24, 2.45) is 0 Å². The lowest BCUT2D eigenvalue weighted by molar-refractivity contribution is 0.369. The molecule has 0 heterocycles. The summed E-state index contributed by atoms with van der Waals surface area (Å²) in [4.78, 5) is 18.2. The summed E-state index contributed by atoms with van der Waals surface area (Å²) in [6.07, 6.45) is 0. The normalized spacial score (nSPS) is 12.9. The molecule has 0 aromatic heterocycles.